The summed E-state index contributed by atoms with van der Waals surface area (Å²) in [5.41, 5.74) is 10.2. The summed E-state index contributed by atoms with van der Waals surface area (Å²) in [5, 5.41) is 13.8. The maximum absolute atomic E-state index is 11.5. The van der Waals surface area contributed by atoms with E-state index in [0.717, 1.165) is 27.5 Å². The number of aromatic nitrogens is 1. The van der Waals surface area contributed by atoms with Crippen molar-refractivity contribution in [2.24, 2.45) is 0 Å². The van der Waals surface area contributed by atoms with Gasteiger partial charge in [-0.1, -0.05) is 98.8 Å². The average molecular weight is 452 g/mol. The van der Waals surface area contributed by atoms with Crippen molar-refractivity contribution in [3.63, 3.8) is 0 Å². The predicted molar refractivity (Wildman–Crippen MR) is 145 cm³/mol. The van der Waals surface area contributed by atoms with E-state index in [9.17, 15) is 5.11 Å². The van der Waals surface area contributed by atoms with E-state index in [0.29, 0.717) is 5.75 Å². The van der Waals surface area contributed by atoms with Gasteiger partial charge in [0.2, 0.25) is 0 Å². The second-order valence-corrected chi connectivity index (χ2v) is 9.98. The van der Waals surface area contributed by atoms with Gasteiger partial charge in [0.05, 0.1) is 11.0 Å². The highest BCUT2D eigenvalue weighted by atomic mass is 16.3. The molecule has 0 fully saturated rings. The monoisotopic (exact) mass is 451 g/mol. The zero-order valence-corrected chi connectivity index (χ0v) is 19.8. The Kier molecular flexibility index (Phi) is 4.08. The molecule has 6 aromatic rings. The van der Waals surface area contributed by atoms with Gasteiger partial charge in [-0.3, -0.25) is 0 Å². The van der Waals surface area contributed by atoms with Crippen molar-refractivity contribution in [3.8, 4) is 33.7 Å². The maximum atomic E-state index is 11.5. The third kappa shape index (κ3) is 2.71. The fraction of sp³-hybridized carbons (Fsp3) is 0.0909. The van der Waals surface area contributed by atoms with Crippen molar-refractivity contribution in [2.45, 2.75) is 19.3 Å². The number of phenols is 1. The molecule has 0 bridgehead atoms. The van der Waals surface area contributed by atoms with Crippen molar-refractivity contribution in [3.05, 3.63) is 120 Å². The molecule has 1 N–H and O–H groups in total. The van der Waals surface area contributed by atoms with Crippen LogP contribution in [-0.2, 0) is 5.41 Å². The molecule has 1 heterocycles. The Labute approximate surface area is 204 Å². The molecule has 35 heavy (non-hydrogen) atoms. The summed E-state index contributed by atoms with van der Waals surface area (Å²) in [5.74, 6) is 0.322. The summed E-state index contributed by atoms with van der Waals surface area (Å²) in [6.45, 7) is 4.51. The van der Waals surface area contributed by atoms with E-state index in [1.165, 1.54) is 33.4 Å². The molecular weight excluding hydrogens is 426 g/mol. The minimum absolute atomic E-state index is 0.169. The smallest absolute Gasteiger partial charge is 0.140 e. The number of hydrogen-bond acceptors (Lipinski definition) is 1. The Morgan fingerprint density at radius 2 is 1.31 bits per heavy atom. The van der Waals surface area contributed by atoms with E-state index < -0.39 is 0 Å². The van der Waals surface area contributed by atoms with Gasteiger partial charge < -0.3 is 9.67 Å². The van der Waals surface area contributed by atoms with Crippen molar-refractivity contribution in [1.82, 2.24) is 4.57 Å². The Morgan fingerprint density at radius 1 is 0.657 bits per heavy atom. The number of rotatable bonds is 2. The van der Waals surface area contributed by atoms with Gasteiger partial charge >= 0.3 is 0 Å². The standard InChI is InChI=1S/C33H25NO/c1-33(2)26-14-8-6-12-24(26)30-27(33)20-29(35)32-31(30)25-13-7-9-15-28(25)34(32)23-18-16-22(17-19-23)21-10-4-3-5-11-21/h3-20,35H,1-2H3. The second kappa shape index (κ2) is 7.10. The lowest BCUT2D eigenvalue weighted by Gasteiger charge is -2.21. The van der Waals surface area contributed by atoms with Crippen LogP contribution >= 0.6 is 0 Å². The van der Waals surface area contributed by atoms with Gasteiger partial charge in [0.15, 0.2) is 0 Å². The van der Waals surface area contributed by atoms with Crippen LogP contribution in [0, 0.1) is 0 Å². The average Bonchev–Trinajstić information content (AvgIpc) is 3.35. The van der Waals surface area contributed by atoms with Crippen LogP contribution in [0.2, 0.25) is 0 Å². The van der Waals surface area contributed by atoms with Crippen LogP contribution in [0.1, 0.15) is 25.0 Å². The molecule has 7 rings (SSSR count). The third-order valence-electron chi connectivity index (χ3n) is 7.69. The van der Waals surface area contributed by atoms with Crippen LogP contribution in [0.25, 0.3) is 49.7 Å². The fourth-order valence-corrected chi connectivity index (χ4v) is 6.01. The van der Waals surface area contributed by atoms with Crippen molar-refractivity contribution in [1.29, 1.82) is 0 Å². The van der Waals surface area contributed by atoms with Crippen LogP contribution in [0.15, 0.2) is 109 Å². The highest BCUT2D eigenvalue weighted by Crippen LogP contribution is 2.55. The minimum atomic E-state index is -0.169. The zero-order valence-electron chi connectivity index (χ0n) is 19.8. The summed E-state index contributed by atoms with van der Waals surface area (Å²) < 4.78 is 2.21. The molecule has 0 atom stereocenters. The molecule has 0 amide bonds. The second-order valence-electron chi connectivity index (χ2n) is 9.98. The van der Waals surface area contributed by atoms with E-state index in [1.807, 2.05) is 12.1 Å². The van der Waals surface area contributed by atoms with E-state index in [-0.39, 0.29) is 5.41 Å². The SMILES string of the molecule is CC1(C)c2ccccc2-c2c1cc(O)c1c2c2ccccc2n1-c1ccc(-c2ccccc2)cc1. The molecule has 0 saturated carbocycles. The Hall–Kier alpha value is -4.30. The van der Waals surface area contributed by atoms with Gasteiger partial charge in [0.25, 0.3) is 0 Å². The first kappa shape index (κ1) is 20.1. The minimum Gasteiger partial charge on any atom is -0.506 e. The number of benzene rings is 5. The molecule has 5 aromatic carbocycles. The van der Waals surface area contributed by atoms with Crippen LogP contribution in [-0.4, -0.2) is 9.67 Å². The third-order valence-corrected chi connectivity index (χ3v) is 7.69. The summed E-state index contributed by atoms with van der Waals surface area (Å²) in [7, 11) is 0. The predicted octanol–water partition coefficient (Wildman–Crippen LogP) is 8.46. The Morgan fingerprint density at radius 3 is 2.11 bits per heavy atom. The Balaban J connectivity index is 1.56. The van der Waals surface area contributed by atoms with Crippen molar-refractivity contribution >= 4 is 21.8 Å². The van der Waals surface area contributed by atoms with Gasteiger partial charge in [-0.15, -0.1) is 0 Å². The molecular formula is C33H25NO. The molecule has 0 radical (unpaired) electrons. The first-order valence-electron chi connectivity index (χ1n) is 12.1. The number of para-hydroxylation sites is 1. The summed E-state index contributed by atoms with van der Waals surface area (Å²) in [4.78, 5) is 0. The fourth-order valence-electron chi connectivity index (χ4n) is 6.01. The highest BCUT2D eigenvalue weighted by Gasteiger charge is 2.38. The van der Waals surface area contributed by atoms with Crippen molar-refractivity contribution in [2.75, 3.05) is 0 Å². The Bertz CT molecular complexity index is 1760. The van der Waals surface area contributed by atoms with Gasteiger partial charge in [-0.2, -0.15) is 0 Å². The van der Waals surface area contributed by atoms with Crippen LogP contribution in [0.4, 0.5) is 0 Å². The van der Waals surface area contributed by atoms with E-state index in [4.69, 9.17) is 0 Å². The first-order valence-corrected chi connectivity index (χ1v) is 12.1. The molecule has 0 saturated heterocycles. The van der Waals surface area contributed by atoms with Gasteiger partial charge in [0, 0.05) is 21.9 Å². The van der Waals surface area contributed by atoms with Gasteiger partial charge in [-0.05, 0) is 57.6 Å². The van der Waals surface area contributed by atoms with Crippen LogP contribution in [0.5, 0.6) is 5.75 Å². The number of hydrogen-bond donors (Lipinski definition) is 1. The van der Waals surface area contributed by atoms with Crippen LogP contribution < -0.4 is 0 Å². The number of fused-ring (bicyclic) bond motifs is 7. The number of phenolic OH excluding ortho intramolecular Hbond substituents is 1. The molecule has 1 aliphatic rings. The topological polar surface area (TPSA) is 25.2 Å². The molecule has 2 heteroatoms. The lowest BCUT2D eigenvalue weighted by molar-refractivity contribution is 0.477. The first-order chi connectivity index (χ1) is 17.1. The maximum Gasteiger partial charge on any atom is 0.140 e. The normalized spacial score (nSPS) is 13.8. The number of nitrogens with zero attached hydrogens (tertiary/aromatic N) is 1. The number of aromatic hydroxyl groups is 1. The lowest BCUT2D eigenvalue weighted by Crippen LogP contribution is -2.14. The molecule has 0 aliphatic heterocycles. The van der Waals surface area contributed by atoms with Crippen molar-refractivity contribution < 1.29 is 5.11 Å². The highest BCUT2D eigenvalue weighted by molar-refractivity contribution is 6.19. The molecule has 0 spiro atoms. The molecule has 1 aliphatic carbocycles. The van der Waals surface area contributed by atoms with E-state index >= 15 is 0 Å². The molecule has 168 valence electrons. The van der Waals surface area contributed by atoms with Gasteiger partial charge in [-0.25, -0.2) is 0 Å². The molecule has 2 nitrogen and oxygen atoms in total. The molecule has 1 aromatic heterocycles. The summed E-state index contributed by atoms with van der Waals surface area (Å²) in [6, 6.07) is 38.2. The zero-order chi connectivity index (χ0) is 23.7. The summed E-state index contributed by atoms with van der Waals surface area (Å²) in [6.07, 6.45) is 0. The van der Waals surface area contributed by atoms with Gasteiger partial charge in [0.1, 0.15) is 5.75 Å². The van der Waals surface area contributed by atoms with E-state index in [1.54, 1.807) is 0 Å². The summed E-state index contributed by atoms with van der Waals surface area (Å²) >= 11 is 0. The quantitative estimate of drug-likeness (QED) is 0.281. The van der Waals surface area contributed by atoms with E-state index in [2.05, 4.69) is 115 Å². The largest absolute Gasteiger partial charge is 0.506 e. The molecule has 0 unspecified atom stereocenters. The van der Waals surface area contributed by atoms with Crippen LogP contribution in [0.3, 0.4) is 0 Å². The lowest BCUT2D eigenvalue weighted by atomic mass is 9.82.